The highest BCUT2D eigenvalue weighted by atomic mass is 16.6. The lowest BCUT2D eigenvalue weighted by Gasteiger charge is -2.04. The smallest absolute Gasteiger partial charge is 0.345 e. The van der Waals surface area contributed by atoms with Crippen molar-refractivity contribution < 1.29 is 24.2 Å². The zero-order valence-electron chi connectivity index (χ0n) is 12.6. The molecule has 2 aromatic carbocycles. The Balaban J connectivity index is 1.71. The fourth-order valence-electron chi connectivity index (χ4n) is 2.83. The highest BCUT2D eigenvalue weighted by Crippen LogP contribution is 2.38. The van der Waals surface area contributed by atoms with Gasteiger partial charge < -0.3 is 19.4 Å². The Kier molecular flexibility index (Phi) is 3.45. The molecule has 1 aromatic heterocycles. The minimum absolute atomic E-state index is 0.0705. The van der Waals surface area contributed by atoms with Crippen LogP contribution in [0.5, 0.6) is 5.75 Å². The van der Waals surface area contributed by atoms with E-state index in [9.17, 15) is 15.0 Å². The van der Waals surface area contributed by atoms with Gasteiger partial charge in [0, 0.05) is 16.7 Å². The number of carbonyl (C=O) groups excluding carboxylic acids is 1. The molecule has 120 valence electrons. The normalized spacial score (nSPS) is 16.1. The van der Waals surface area contributed by atoms with Gasteiger partial charge in [-0.1, -0.05) is 36.4 Å². The van der Waals surface area contributed by atoms with Crippen LogP contribution in [-0.4, -0.2) is 16.2 Å². The van der Waals surface area contributed by atoms with Crippen LogP contribution in [0.25, 0.3) is 22.6 Å². The van der Waals surface area contributed by atoms with Crippen molar-refractivity contribution in [3.63, 3.8) is 0 Å². The number of furan rings is 1. The summed E-state index contributed by atoms with van der Waals surface area (Å²) in [5.41, 5.74) is 2.81. The van der Waals surface area contributed by atoms with E-state index in [4.69, 9.17) is 9.15 Å². The average molecular weight is 322 g/mol. The molecule has 0 spiro atoms. The van der Waals surface area contributed by atoms with Gasteiger partial charge in [0.05, 0.1) is 6.61 Å². The molecular weight excluding hydrogens is 308 g/mol. The number of fused-ring (bicyclic) bond motifs is 1. The number of aliphatic hydroxyl groups is 2. The molecule has 5 nitrogen and oxygen atoms in total. The third-order valence-electron chi connectivity index (χ3n) is 4.09. The monoisotopic (exact) mass is 322 g/mol. The second kappa shape index (κ2) is 5.63. The summed E-state index contributed by atoms with van der Waals surface area (Å²) in [5, 5.41) is 19.1. The maximum atomic E-state index is 11.4. The number of hydrogen-bond acceptors (Lipinski definition) is 5. The molecule has 24 heavy (non-hydrogen) atoms. The lowest BCUT2D eigenvalue weighted by atomic mass is 10.1. The lowest BCUT2D eigenvalue weighted by molar-refractivity contribution is -0.140. The van der Waals surface area contributed by atoms with Crippen molar-refractivity contribution >= 4 is 5.97 Å². The summed E-state index contributed by atoms with van der Waals surface area (Å²) < 4.78 is 10.9. The minimum atomic E-state index is -1.22. The van der Waals surface area contributed by atoms with Gasteiger partial charge in [-0.2, -0.15) is 0 Å². The maximum Gasteiger partial charge on any atom is 0.345 e. The van der Waals surface area contributed by atoms with E-state index in [1.54, 1.807) is 18.2 Å². The predicted molar refractivity (Wildman–Crippen MR) is 86.1 cm³/mol. The molecule has 3 aromatic rings. The van der Waals surface area contributed by atoms with Crippen molar-refractivity contribution in [1.82, 2.24) is 0 Å². The molecule has 0 radical (unpaired) electrons. The van der Waals surface area contributed by atoms with E-state index < -0.39 is 12.1 Å². The molecule has 0 saturated heterocycles. The van der Waals surface area contributed by atoms with Crippen LogP contribution in [0.1, 0.15) is 17.2 Å². The van der Waals surface area contributed by atoms with Gasteiger partial charge in [0.25, 0.3) is 0 Å². The van der Waals surface area contributed by atoms with E-state index in [1.165, 1.54) is 0 Å². The van der Waals surface area contributed by atoms with E-state index in [0.717, 1.165) is 16.7 Å². The largest absolute Gasteiger partial charge is 0.456 e. The van der Waals surface area contributed by atoms with Crippen molar-refractivity contribution in [1.29, 1.82) is 0 Å². The van der Waals surface area contributed by atoms with Crippen LogP contribution >= 0.6 is 0 Å². The lowest BCUT2D eigenvalue weighted by Crippen LogP contribution is -2.08. The van der Waals surface area contributed by atoms with Crippen LogP contribution in [0.4, 0.5) is 0 Å². The quantitative estimate of drug-likeness (QED) is 0.572. The van der Waals surface area contributed by atoms with Gasteiger partial charge in [0.2, 0.25) is 0 Å². The summed E-state index contributed by atoms with van der Waals surface area (Å²) >= 11 is 0. The number of ether oxygens (including phenoxy) is 1. The van der Waals surface area contributed by atoms with E-state index in [2.05, 4.69) is 0 Å². The SMILES string of the molecule is O=C1Oc2cc(-c3ccc(-c4ccccc4CO)o3)ccc2C1O. The molecule has 1 atom stereocenters. The molecular formula is C19H14O5. The van der Waals surface area contributed by atoms with Crippen molar-refractivity contribution in [2.45, 2.75) is 12.7 Å². The van der Waals surface area contributed by atoms with Gasteiger partial charge in [-0.15, -0.1) is 0 Å². The molecule has 1 unspecified atom stereocenters. The van der Waals surface area contributed by atoms with Gasteiger partial charge in [0.1, 0.15) is 17.3 Å². The summed E-state index contributed by atoms with van der Waals surface area (Å²) in [4.78, 5) is 11.4. The van der Waals surface area contributed by atoms with E-state index >= 15 is 0 Å². The van der Waals surface area contributed by atoms with Crippen LogP contribution in [0.2, 0.25) is 0 Å². The molecule has 0 fully saturated rings. The summed E-state index contributed by atoms with van der Waals surface area (Å²) in [6.07, 6.45) is -1.22. The molecule has 0 aliphatic carbocycles. The van der Waals surface area contributed by atoms with Crippen molar-refractivity contribution in [2.24, 2.45) is 0 Å². The fraction of sp³-hybridized carbons (Fsp3) is 0.105. The van der Waals surface area contributed by atoms with Gasteiger partial charge in [-0.05, 0) is 23.8 Å². The molecule has 0 saturated carbocycles. The molecule has 1 aliphatic rings. The van der Waals surface area contributed by atoms with Gasteiger partial charge in [0.15, 0.2) is 6.10 Å². The van der Waals surface area contributed by atoms with Gasteiger partial charge in [-0.3, -0.25) is 0 Å². The van der Waals surface area contributed by atoms with Crippen molar-refractivity contribution in [3.8, 4) is 28.4 Å². The minimum Gasteiger partial charge on any atom is -0.456 e. The summed E-state index contributed by atoms with van der Waals surface area (Å²) in [6, 6.07) is 16.2. The van der Waals surface area contributed by atoms with Crippen LogP contribution in [0.3, 0.4) is 0 Å². The first-order valence-corrected chi connectivity index (χ1v) is 7.50. The summed E-state index contributed by atoms with van der Waals surface area (Å²) in [7, 11) is 0. The molecule has 5 heteroatoms. The fourth-order valence-corrected chi connectivity index (χ4v) is 2.83. The number of benzene rings is 2. The van der Waals surface area contributed by atoms with E-state index in [0.29, 0.717) is 22.8 Å². The van der Waals surface area contributed by atoms with E-state index in [1.807, 2.05) is 36.4 Å². The van der Waals surface area contributed by atoms with Crippen LogP contribution in [0, 0.1) is 0 Å². The highest BCUT2D eigenvalue weighted by molar-refractivity contribution is 5.85. The number of aliphatic hydroxyl groups excluding tert-OH is 2. The van der Waals surface area contributed by atoms with Gasteiger partial charge in [-0.25, -0.2) is 4.79 Å². The Morgan fingerprint density at radius 3 is 2.62 bits per heavy atom. The van der Waals surface area contributed by atoms with Crippen LogP contribution < -0.4 is 4.74 Å². The molecule has 2 N–H and O–H groups in total. The average Bonchev–Trinajstić information content (AvgIpc) is 3.20. The summed E-state index contributed by atoms with van der Waals surface area (Å²) in [5.74, 6) is 0.933. The third-order valence-corrected chi connectivity index (χ3v) is 4.09. The number of hydrogen-bond donors (Lipinski definition) is 2. The Morgan fingerprint density at radius 2 is 1.79 bits per heavy atom. The molecule has 2 heterocycles. The van der Waals surface area contributed by atoms with E-state index in [-0.39, 0.29) is 6.61 Å². The highest BCUT2D eigenvalue weighted by Gasteiger charge is 2.31. The first kappa shape index (κ1) is 14.7. The number of rotatable bonds is 3. The Labute approximate surface area is 137 Å². The van der Waals surface area contributed by atoms with Crippen molar-refractivity contribution in [3.05, 3.63) is 65.7 Å². The Hall–Kier alpha value is -2.89. The van der Waals surface area contributed by atoms with Gasteiger partial charge >= 0.3 is 5.97 Å². The third kappa shape index (κ3) is 2.31. The molecule has 1 aliphatic heterocycles. The zero-order valence-corrected chi connectivity index (χ0v) is 12.6. The predicted octanol–water partition coefficient (Wildman–Crippen LogP) is 3.06. The first-order chi connectivity index (χ1) is 11.7. The first-order valence-electron chi connectivity index (χ1n) is 7.50. The second-order valence-electron chi connectivity index (χ2n) is 5.56. The van der Waals surface area contributed by atoms with Crippen LogP contribution in [0.15, 0.2) is 59.0 Å². The Morgan fingerprint density at radius 1 is 1.00 bits per heavy atom. The zero-order chi connectivity index (χ0) is 16.7. The summed E-state index contributed by atoms with van der Waals surface area (Å²) in [6.45, 7) is -0.0705. The molecule has 4 rings (SSSR count). The molecule has 0 amide bonds. The maximum absolute atomic E-state index is 11.4. The van der Waals surface area contributed by atoms with Crippen molar-refractivity contribution in [2.75, 3.05) is 0 Å². The topological polar surface area (TPSA) is 79.9 Å². The second-order valence-corrected chi connectivity index (χ2v) is 5.56. The standard InChI is InChI=1S/C19H14O5/c20-10-12-3-1-2-4-13(12)16-8-7-15(23-16)11-5-6-14-17(9-11)24-19(22)18(14)21/h1-9,18,20-21H,10H2. The number of esters is 1. The Bertz CT molecular complexity index is 925. The molecule has 0 bridgehead atoms. The van der Waals surface area contributed by atoms with Crippen LogP contribution in [-0.2, 0) is 11.4 Å². The number of carbonyl (C=O) groups is 1.